The van der Waals surface area contributed by atoms with Crippen molar-refractivity contribution in [2.45, 2.75) is 19.4 Å². The fourth-order valence-electron chi connectivity index (χ4n) is 2.31. The maximum absolute atomic E-state index is 12.1. The molecule has 1 aliphatic rings. The normalized spacial score (nSPS) is 18.0. The third kappa shape index (κ3) is 3.72. The molecule has 21 heavy (non-hydrogen) atoms. The molecule has 0 aromatic heterocycles. The topological polar surface area (TPSA) is 72.9 Å². The number of benzene rings is 1. The number of carbonyl (C=O) groups excluding carboxylic acids is 2. The molecule has 1 aliphatic heterocycles. The predicted molar refractivity (Wildman–Crippen MR) is 80.2 cm³/mol. The Kier molecular flexibility index (Phi) is 4.80. The van der Waals surface area contributed by atoms with Crippen molar-refractivity contribution >= 4 is 17.6 Å². The van der Waals surface area contributed by atoms with E-state index in [9.17, 15) is 9.59 Å². The van der Waals surface area contributed by atoms with Crippen molar-refractivity contribution in [3.05, 3.63) is 29.8 Å². The summed E-state index contributed by atoms with van der Waals surface area (Å²) >= 11 is 0. The van der Waals surface area contributed by atoms with Gasteiger partial charge in [-0.05, 0) is 19.1 Å². The molecule has 114 valence electrons. The standard InChI is InChI=1S/C15H21N3O3/c1-11-3-5-13(6-4-11)18-10-12(9-14(18)20)16-15(21)17(2)7-8-19/h3-6,12,19H,7-10H2,1-2H3,(H,16,21)/t12-/m1/s1. The zero-order chi connectivity index (χ0) is 15.4. The molecule has 1 aromatic carbocycles. The van der Waals surface area contributed by atoms with Gasteiger partial charge >= 0.3 is 6.03 Å². The minimum atomic E-state index is -0.271. The number of hydrogen-bond donors (Lipinski definition) is 2. The molecule has 0 spiro atoms. The van der Waals surface area contributed by atoms with E-state index in [1.807, 2.05) is 31.2 Å². The minimum absolute atomic E-state index is 0.00830. The van der Waals surface area contributed by atoms with E-state index in [1.165, 1.54) is 4.90 Å². The first-order chi connectivity index (χ1) is 10.0. The molecular formula is C15H21N3O3. The molecule has 0 unspecified atom stereocenters. The zero-order valence-electron chi connectivity index (χ0n) is 12.4. The van der Waals surface area contributed by atoms with Crippen LogP contribution in [0, 0.1) is 6.92 Å². The lowest BCUT2D eigenvalue weighted by atomic mass is 10.2. The molecule has 0 radical (unpaired) electrons. The summed E-state index contributed by atoms with van der Waals surface area (Å²) in [7, 11) is 1.61. The lowest BCUT2D eigenvalue weighted by Gasteiger charge is -2.20. The molecule has 0 aliphatic carbocycles. The van der Waals surface area contributed by atoms with E-state index in [-0.39, 0.29) is 31.1 Å². The number of urea groups is 1. The van der Waals surface area contributed by atoms with Crippen molar-refractivity contribution in [1.29, 1.82) is 0 Å². The molecule has 0 bridgehead atoms. The van der Waals surface area contributed by atoms with Crippen molar-refractivity contribution in [3.63, 3.8) is 0 Å². The summed E-state index contributed by atoms with van der Waals surface area (Å²) in [6.07, 6.45) is 0.298. The van der Waals surface area contributed by atoms with Crippen LogP contribution in [-0.2, 0) is 4.79 Å². The molecule has 6 heteroatoms. The highest BCUT2D eigenvalue weighted by Gasteiger charge is 2.31. The molecule has 1 fully saturated rings. The van der Waals surface area contributed by atoms with Gasteiger partial charge < -0.3 is 20.2 Å². The Labute approximate surface area is 124 Å². The van der Waals surface area contributed by atoms with E-state index in [0.29, 0.717) is 13.0 Å². The summed E-state index contributed by atoms with van der Waals surface area (Å²) in [6, 6.07) is 7.28. The molecular weight excluding hydrogens is 270 g/mol. The van der Waals surface area contributed by atoms with E-state index in [1.54, 1.807) is 11.9 Å². The molecule has 3 amide bonds. The first-order valence-electron chi connectivity index (χ1n) is 7.01. The van der Waals surface area contributed by atoms with Gasteiger partial charge in [0, 0.05) is 32.2 Å². The lowest BCUT2D eigenvalue weighted by Crippen LogP contribution is -2.45. The number of aliphatic hydroxyl groups is 1. The summed E-state index contributed by atoms with van der Waals surface area (Å²) in [5.74, 6) is 0.00830. The van der Waals surface area contributed by atoms with Crippen LogP contribution in [0.3, 0.4) is 0 Å². The molecule has 1 aromatic rings. The average Bonchev–Trinajstić information content (AvgIpc) is 2.80. The van der Waals surface area contributed by atoms with Gasteiger partial charge in [0.15, 0.2) is 0 Å². The first kappa shape index (κ1) is 15.3. The van der Waals surface area contributed by atoms with Crippen LogP contribution in [0.1, 0.15) is 12.0 Å². The monoisotopic (exact) mass is 291 g/mol. The summed E-state index contributed by atoms with van der Waals surface area (Å²) in [5, 5.41) is 11.6. The average molecular weight is 291 g/mol. The number of aliphatic hydroxyl groups excluding tert-OH is 1. The maximum atomic E-state index is 12.1. The Morgan fingerprint density at radius 2 is 2.10 bits per heavy atom. The zero-order valence-corrected chi connectivity index (χ0v) is 12.4. The Morgan fingerprint density at radius 1 is 1.43 bits per heavy atom. The highest BCUT2D eigenvalue weighted by atomic mass is 16.3. The van der Waals surface area contributed by atoms with Crippen molar-refractivity contribution < 1.29 is 14.7 Å². The Bertz CT molecular complexity index is 515. The summed E-state index contributed by atoms with van der Waals surface area (Å²) in [6.45, 7) is 2.66. The van der Waals surface area contributed by atoms with Crippen LogP contribution in [0.2, 0.25) is 0 Å². The Balaban J connectivity index is 1.96. The number of nitrogens with one attached hydrogen (secondary N) is 1. The number of amides is 3. The third-order valence-electron chi connectivity index (χ3n) is 3.58. The van der Waals surface area contributed by atoms with Crippen LogP contribution >= 0.6 is 0 Å². The minimum Gasteiger partial charge on any atom is -0.395 e. The third-order valence-corrected chi connectivity index (χ3v) is 3.58. The molecule has 2 N–H and O–H groups in total. The van der Waals surface area contributed by atoms with Gasteiger partial charge in [0.25, 0.3) is 0 Å². The summed E-state index contributed by atoms with van der Waals surface area (Å²) in [4.78, 5) is 27.0. The number of nitrogens with zero attached hydrogens (tertiary/aromatic N) is 2. The van der Waals surface area contributed by atoms with Gasteiger partial charge in [0.2, 0.25) is 5.91 Å². The first-order valence-corrected chi connectivity index (χ1v) is 7.01. The second-order valence-electron chi connectivity index (χ2n) is 5.34. The van der Waals surface area contributed by atoms with E-state index in [0.717, 1.165) is 11.3 Å². The highest BCUT2D eigenvalue weighted by Crippen LogP contribution is 2.22. The van der Waals surface area contributed by atoms with Gasteiger partial charge in [0.1, 0.15) is 0 Å². The molecule has 1 saturated heterocycles. The molecule has 1 heterocycles. The number of anilines is 1. The SMILES string of the molecule is Cc1ccc(N2C[C@H](NC(=O)N(C)CCO)CC2=O)cc1. The van der Waals surface area contributed by atoms with E-state index >= 15 is 0 Å². The second-order valence-corrected chi connectivity index (χ2v) is 5.34. The number of hydrogen-bond acceptors (Lipinski definition) is 3. The largest absolute Gasteiger partial charge is 0.395 e. The molecule has 1 atom stereocenters. The Hall–Kier alpha value is -2.08. The van der Waals surface area contributed by atoms with Gasteiger partial charge in [-0.2, -0.15) is 0 Å². The lowest BCUT2D eigenvalue weighted by molar-refractivity contribution is -0.117. The number of aryl methyl sites for hydroxylation is 1. The number of carbonyl (C=O) groups is 2. The van der Waals surface area contributed by atoms with Crippen LogP contribution in [0.4, 0.5) is 10.5 Å². The molecule has 2 rings (SSSR count). The molecule has 6 nitrogen and oxygen atoms in total. The number of rotatable bonds is 4. The van der Waals surface area contributed by atoms with E-state index in [4.69, 9.17) is 5.11 Å². The molecule has 0 saturated carbocycles. The van der Waals surface area contributed by atoms with Crippen molar-refractivity contribution in [2.24, 2.45) is 0 Å². The number of likely N-dealkylation sites (N-methyl/N-ethyl adjacent to an activating group) is 1. The van der Waals surface area contributed by atoms with Gasteiger partial charge in [-0.1, -0.05) is 17.7 Å². The van der Waals surface area contributed by atoms with Gasteiger partial charge in [0.05, 0.1) is 12.6 Å². The van der Waals surface area contributed by atoms with Crippen molar-refractivity contribution in [1.82, 2.24) is 10.2 Å². The second kappa shape index (κ2) is 6.58. The fraction of sp³-hybridized carbons (Fsp3) is 0.467. The van der Waals surface area contributed by atoms with Crippen LogP contribution in [0.15, 0.2) is 24.3 Å². The quantitative estimate of drug-likeness (QED) is 0.859. The Morgan fingerprint density at radius 3 is 2.71 bits per heavy atom. The van der Waals surface area contributed by atoms with E-state index < -0.39 is 0 Å². The predicted octanol–water partition coefficient (Wildman–Crippen LogP) is 0.734. The fourth-order valence-corrected chi connectivity index (χ4v) is 2.31. The van der Waals surface area contributed by atoms with Crippen molar-refractivity contribution in [2.75, 3.05) is 31.6 Å². The van der Waals surface area contributed by atoms with Crippen LogP contribution in [-0.4, -0.2) is 54.7 Å². The van der Waals surface area contributed by atoms with Gasteiger partial charge in [-0.15, -0.1) is 0 Å². The van der Waals surface area contributed by atoms with Crippen molar-refractivity contribution in [3.8, 4) is 0 Å². The summed E-state index contributed by atoms with van der Waals surface area (Å²) < 4.78 is 0. The maximum Gasteiger partial charge on any atom is 0.317 e. The van der Waals surface area contributed by atoms with Gasteiger partial charge in [-0.25, -0.2) is 4.79 Å². The van der Waals surface area contributed by atoms with Crippen LogP contribution in [0.25, 0.3) is 0 Å². The van der Waals surface area contributed by atoms with Gasteiger partial charge in [-0.3, -0.25) is 4.79 Å². The highest BCUT2D eigenvalue weighted by molar-refractivity contribution is 5.96. The van der Waals surface area contributed by atoms with E-state index in [2.05, 4.69) is 5.32 Å². The van der Waals surface area contributed by atoms with Crippen LogP contribution in [0.5, 0.6) is 0 Å². The van der Waals surface area contributed by atoms with Crippen LogP contribution < -0.4 is 10.2 Å². The smallest absolute Gasteiger partial charge is 0.317 e. The summed E-state index contributed by atoms with van der Waals surface area (Å²) in [5.41, 5.74) is 1.99.